The molecule has 0 spiro atoms. The highest BCUT2D eigenvalue weighted by atomic mass is 15.0. The highest BCUT2D eigenvalue weighted by Crippen LogP contribution is 2.06. The van der Waals surface area contributed by atoms with Crippen LogP contribution in [0.2, 0.25) is 0 Å². The largest absolute Gasteiger partial charge is 0.321 e. The first kappa shape index (κ1) is 7.98. The second-order valence-electron chi connectivity index (χ2n) is 2.96. The molecule has 3 heteroatoms. The lowest BCUT2D eigenvalue weighted by molar-refractivity contribution is 0.734. The third-order valence-electron chi connectivity index (χ3n) is 1.64. The van der Waals surface area contributed by atoms with Crippen LogP contribution in [0.5, 0.6) is 0 Å². The fraction of sp³-hybridized carbons (Fsp3) is 0.500. The predicted octanol–water partition coefficient (Wildman–Crippen LogP) is 1.02. The molecule has 0 aromatic carbocycles. The minimum atomic E-state index is 0.403. The van der Waals surface area contributed by atoms with Gasteiger partial charge in [-0.25, -0.2) is 4.98 Å². The maximum absolute atomic E-state index is 7.48. The van der Waals surface area contributed by atoms with Crippen molar-refractivity contribution in [2.45, 2.75) is 19.8 Å². The Bertz CT molecular complexity index is 298. The number of hydrogen-bond acceptors (Lipinski definition) is 2. The molecule has 0 fully saturated rings. The van der Waals surface area contributed by atoms with Crippen molar-refractivity contribution in [2.24, 2.45) is 7.05 Å². The van der Waals surface area contributed by atoms with Crippen LogP contribution >= 0.6 is 0 Å². The standard InChI is InChI=1S/C8H13N3/c1-6(2)7-4-8(9)11(3)5-10-7/h4-6,9H,1-3H3. The van der Waals surface area contributed by atoms with E-state index in [1.54, 1.807) is 17.0 Å². The van der Waals surface area contributed by atoms with Crippen molar-refractivity contribution < 1.29 is 0 Å². The van der Waals surface area contributed by atoms with E-state index in [9.17, 15) is 0 Å². The summed E-state index contributed by atoms with van der Waals surface area (Å²) in [6.07, 6.45) is 1.68. The number of aromatic nitrogens is 2. The van der Waals surface area contributed by atoms with Gasteiger partial charge in [-0.1, -0.05) is 13.8 Å². The summed E-state index contributed by atoms with van der Waals surface area (Å²) in [6, 6.07) is 1.80. The van der Waals surface area contributed by atoms with Crippen LogP contribution in [0.1, 0.15) is 25.5 Å². The zero-order valence-corrected chi connectivity index (χ0v) is 7.13. The maximum Gasteiger partial charge on any atom is 0.127 e. The number of rotatable bonds is 1. The second-order valence-corrected chi connectivity index (χ2v) is 2.96. The molecule has 0 radical (unpaired) electrons. The molecule has 0 atom stereocenters. The zero-order chi connectivity index (χ0) is 8.43. The quantitative estimate of drug-likeness (QED) is 0.639. The van der Waals surface area contributed by atoms with Gasteiger partial charge >= 0.3 is 0 Å². The first-order valence-corrected chi connectivity index (χ1v) is 3.68. The molecule has 0 aliphatic heterocycles. The van der Waals surface area contributed by atoms with E-state index >= 15 is 0 Å². The summed E-state index contributed by atoms with van der Waals surface area (Å²) in [5.74, 6) is 0.403. The molecule has 60 valence electrons. The first-order chi connectivity index (χ1) is 5.11. The van der Waals surface area contributed by atoms with Gasteiger partial charge in [0.05, 0.1) is 6.33 Å². The summed E-state index contributed by atoms with van der Waals surface area (Å²) in [5.41, 5.74) is 1.48. The Morgan fingerprint density at radius 3 is 2.64 bits per heavy atom. The van der Waals surface area contributed by atoms with E-state index in [1.165, 1.54) is 0 Å². The van der Waals surface area contributed by atoms with Gasteiger partial charge in [-0.2, -0.15) is 0 Å². The lowest BCUT2D eigenvalue weighted by Crippen LogP contribution is -2.17. The normalized spacial score (nSPS) is 10.5. The third-order valence-corrected chi connectivity index (χ3v) is 1.64. The van der Waals surface area contributed by atoms with Gasteiger partial charge in [0.25, 0.3) is 0 Å². The molecule has 0 saturated heterocycles. The van der Waals surface area contributed by atoms with Crippen molar-refractivity contribution in [3.8, 4) is 0 Å². The molecule has 1 aromatic heterocycles. The lowest BCUT2D eigenvalue weighted by Gasteiger charge is -2.04. The molecule has 0 amide bonds. The van der Waals surface area contributed by atoms with E-state index in [2.05, 4.69) is 18.8 Å². The van der Waals surface area contributed by atoms with Crippen LogP contribution < -0.4 is 5.49 Å². The van der Waals surface area contributed by atoms with Crippen LogP contribution in [0, 0.1) is 5.41 Å². The molecular formula is C8H13N3. The first-order valence-electron chi connectivity index (χ1n) is 3.68. The summed E-state index contributed by atoms with van der Waals surface area (Å²) in [7, 11) is 1.82. The lowest BCUT2D eigenvalue weighted by atomic mass is 10.1. The van der Waals surface area contributed by atoms with Crippen LogP contribution in [-0.2, 0) is 7.05 Å². The van der Waals surface area contributed by atoms with Crippen molar-refractivity contribution in [2.75, 3.05) is 0 Å². The molecule has 1 heterocycles. The van der Waals surface area contributed by atoms with Gasteiger partial charge in [0, 0.05) is 18.8 Å². The topological polar surface area (TPSA) is 41.7 Å². The third kappa shape index (κ3) is 1.67. The average Bonchev–Trinajstić information content (AvgIpc) is 1.94. The minimum Gasteiger partial charge on any atom is -0.321 e. The molecule has 1 aromatic rings. The van der Waals surface area contributed by atoms with Crippen molar-refractivity contribution in [3.05, 3.63) is 23.6 Å². The molecule has 0 aliphatic carbocycles. The molecule has 0 bridgehead atoms. The Kier molecular flexibility index (Phi) is 2.08. The summed E-state index contributed by atoms with van der Waals surface area (Å²) in [4.78, 5) is 4.18. The average molecular weight is 151 g/mol. The smallest absolute Gasteiger partial charge is 0.127 e. The van der Waals surface area contributed by atoms with Crippen molar-refractivity contribution >= 4 is 0 Å². The fourth-order valence-corrected chi connectivity index (χ4v) is 0.810. The number of aryl methyl sites for hydroxylation is 1. The molecule has 1 rings (SSSR count). The highest BCUT2D eigenvalue weighted by molar-refractivity contribution is 5.02. The highest BCUT2D eigenvalue weighted by Gasteiger charge is 1.99. The minimum absolute atomic E-state index is 0.403. The van der Waals surface area contributed by atoms with Gasteiger partial charge < -0.3 is 4.57 Å². The molecule has 3 nitrogen and oxygen atoms in total. The molecule has 1 N–H and O–H groups in total. The Balaban J connectivity index is 3.16. The van der Waals surface area contributed by atoms with Crippen LogP contribution in [0.25, 0.3) is 0 Å². The molecular weight excluding hydrogens is 138 g/mol. The van der Waals surface area contributed by atoms with Crippen molar-refractivity contribution in [1.29, 1.82) is 5.41 Å². The van der Waals surface area contributed by atoms with Gasteiger partial charge in [-0.3, -0.25) is 5.41 Å². The van der Waals surface area contributed by atoms with Crippen LogP contribution in [0.15, 0.2) is 12.4 Å². The monoisotopic (exact) mass is 151 g/mol. The molecule has 11 heavy (non-hydrogen) atoms. The van der Waals surface area contributed by atoms with Crippen molar-refractivity contribution in [3.63, 3.8) is 0 Å². The van der Waals surface area contributed by atoms with Gasteiger partial charge in [0.2, 0.25) is 0 Å². The molecule has 0 unspecified atom stereocenters. The van der Waals surface area contributed by atoms with E-state index in [1.807, 2.05) is 7.05 Å². The van der Waals surface area contributed by atoms with Gasteiger partial charge in [-0.05, 0) is 5.92 Å². The van der Waals surface area contributed by atoms with Crippen molar-refractivity contribution in [1.82, 2.24) is 9.55 Å². The van der Waals surface area contributed by atoms with Crippen LogP contribution in [0.4, 0.5) is 0 Å². The van der Waals surface area contributed by atoms with Crippen LogP contribution in [0.3, 0.4) is 0 Å². The SMILES string of the molecule is CC(C)c1cc(=N)n(C)cn1. The number of nitrogens with one attached hydrogen (secondary N) is 1. The molecule has 0 aliphatic rings. The van der Waals surface area contributed by atoms with E-state index < -0.39 is 0 Å². The summed E-state index contributed by atoms with van der Waals surface area (Å²) in [6.45, 7) is 4.14. The summed E-state index contributed by atoms with van der Waals surface area (Å²) >= 11 is 0. The van der Waals surface area contributed by atoms with Gasteiger partial charge in [-0.15, -0.1) is 0 Å². The van der Waals surface area contributed by atoms with E-state index in [4.69, 9.17) is 5.41 Å². The van der Waals surface area contributed by atoms with Gasteiger partial charge in [0.15, 0.2) is 0 Å². The Morgan fingerprint density at radius 2 is 2.18 bits per heavy atom. The molecule has 0 saturated carbocycles. The van der Waals surface area contributed by atoms with E-state index in [0.717, 1.165) is 5.69 Å². The van der Waals surface area contributed by atoms with E-state index in [-0.39, 0.29) is 0 Å². The van der Waals surface area contributed by atoms with Gasteiger partial charge in [0.1, 0.15) is 5.49 Å². The maximum atomic E-state index is 7.48. The Labute approximate surface area is 66.2 Å². The second kappa shape index (κ2) is 2.86. The number of hydrogen-bond donors (Lipinski definition) is 1. The summed E-state index contributed by atoms with van der Waals surface area (Å²) < 4.78 is 1.69. The predicted molar refractivity (Wildman–Crippen MR) is 43.2 cm³/mol. The Morgan fingerprint density at radius 1 is 1.55 bits per heavy atom. The Hall–Kier alpha value is -1.12. The number of nitrogens with zero attached hydrogens (tertiary/aromatic N) is 2. The summed E-state index contributed by atoms with van der Waals surface area (Å²) in [5, 5.41) is 7.48. The fourth-order valence-electron chi connectivity index (χ4n) is 0.810. The van der Waals surface area contributed by atoms with E-state index in [0.29, 0.717) is 11.4 Å². The van der Waals surface area contributed by atoms with Crippen LogP contribution in [-0.4, -0.2) is 9.55 Å². The zero-order valence-electron chi connectivity index (χ0n) is 7.13.